The molecule has 2 atom stereocenters. The van der Waals surface area contributed by atoms with Crippen LogP contribution < -0.4 is 19.5 Å². The van der Waals surface area contributed by atoms with E-state index in [4.69, 9.17) is 14.2 Å². The molecule has 3 heterocycles. The maximum Gasteiger partial charge on any atom is 0.274 e. The molecule has 1 spiro atoms. The van der Waals surface area contributed by atoms with Gasteiger partial charge in [-0.15, -0.1) is 0 Å². The summed E-state index contributed by atoms with van der Waals surface area (Å²) in [6, 6.07) is 3.53. The van der Waals surface area contributed by atoms with Crippen LogP contribution in [0, 0.1) is 12.8 Å². The zero-order chi connectivity index (χ0) is 28.5. The molecule has 2 amide bonds. The minimum atomic E-state index is -0.534. The van der Waals surface area contributed by atoms with Gasteiger partial charge in [0.1, 0.15) is 5.69 Å². The third kappa shape index (κ3) is 3.57. The number of aryl methyl sites for hydroxylation is 1. The van der Waals surface area contributed by atoms with E-state index in [0.717, 1.165) is 17.4 Å². The third-order valence-corrected chi connectivity index (χ3v) is 8.37. The number of carbonyl (C=O) groups excluding carboxylic acids is 3. The van der Waals surface area contributed by atoms with Crippen molar-refractivity contribution in [1.29, 1.82) is 0 Å². The highest BCUT2D eigenvalue weighted by Crippen LogP contribution is 2.67. The Hall–Kier alpha value is -4.25. The van der Waals surface area contributed by atoms with Crippen molar-refractivity contribution in [1.82, 2.24) is 25.1 Å². The summed E-state index contributed by atoms with van der Waals surface area (Å²) in [7, 11) is 8.48. The molecule has 2 fully saturated rings. The SMILES string of the molecule is COc1cc2cc(C(=O)N3C[C@H]4C[C@@]45C3=CC(=O)c3[nH]c(C)c(C(=O)NCCN(C)C)c35)[nH]c2c(OC)c1OC. The van der Waals surface area contributed by atoms with Crippen LogP contribution in [-0.4, -0.2) is 92.4 Å². The average molecular weight is 548 g/mol. The van der Waals surface area contributed by atoms with Crippen molar-refractivity contribution in [2.45, 2.75) is 18.8 Å². The molecule has 6 rings (SSSR count). The number of ketones is 1. The number of benzene rings is 1. The first-order chi connectivity index (χ1) is 19.2. The number of aromatic amines is 2. The number of rotatable bonds is 8. The second-order valence-corrected chi connectivity index (χ2v) is 10.9. The molecule has 1 saturated heterocycles. The van der Waals surface area contributed by atoms with Gasteiger partial charge in [-0.05, 0) is 45.5 Å². The maximum atomic E-state index is 13.9. The summed E-state index contributed by atoms with van der Waals surface area (Å²) in [6.45, 7) is 3.47. The predicted octanol–water partition coefficient (Wildman–Crippen LogP) is 2.62. The lowest BCUT2D eigenvalue weighted by molar-refractivity contribution is 0.0806. The van der Waals surface area contributed by atoms with Crippen molar-refractivity contribution < 1.29 is 28.6 Å². The van der Waals surface area contributed by atoms with E-state index in [2.05, 4.69) is 15.3 Å². The standard InChI is InChI=1S/C29H33N5O6/c1-14-21(27(36)30-7-8-33(2)3)22-24(31-14)18(35)11-20-29(22)12-16(29)13-34(20)28(37)17-9-15-10-19(38-4)25(39-5)26(40-6)23(15)32-17/h9-11,16,31-32H,7-8,12-13H2,1-6H3,(H,30,36)/t16-,29+/m1/s1. The molecule has 0 unspecified atom stereocenters. The Morgan fingerprint density at radius 2 is 1.88 bits per heavy atom. The lowest BCUT2D eigenvalue weighted by Crippen LogP contribution is -2.36. The maximum absolute atomic E-state index is 13.9. The fourth-order valence-electron chi connectivity index (χ4n) is 6.48. The van der Waals surface area contributed by atoms with Crippen molar-refractivity contribution in [3.63, 3.8) is 0 Å². The molecule has 1 saturated carbocycles. The zero-order valence-corrected chi connectivity index (χ0v) is 23.5. The van der Waals surface area contributed by atoms with Crippen molar-refractivity contribution in [3.05, 3.63) is 52.1 Å². The van der Waals surface area contributed by atoms with Gasteiger partial charge in [-0.25, -0.2) is 0 Å². The second kappa shape index (κ2) is 9.16. The van der Waals surface area contributed by atoms with Gasteiger partial charge in [-0.2, -0.15) is 0 Å². The van der Waals surface area contributed by atoms with Crippen LogP contribution in [0.3, 0.4) is 0 Å². The summed E-state index contributed by atoms with van der Waals surface area (Å²) in [5.41, 5.74) is 3.43. The Morgan fingerprint density at radius 1 is 1.12 bits per heavy atom. The molecule has 11 heteroatoms. The lowest BCUT2D eigenvalue weighted by atomic mass is 9.82. The quantitative estimate of drug-likeness (QED) is 0.395. The highest BCUT2D eigenvalue weighted by Gasteiger charge is 2.69. The van der Waals surface area contributed by atoms with Crippen LogP contribution >= 0.6 is 0 Å². The van der Waals surface area contributed by atoms with Gasteiger partial charge in [0, 0.05) is 53.5 Å². The molecule has 2 aromatic heterocycles. The first kappa shape index (κ1) is 26.0. The Kier molecular flexibility index (Phi) is 5.95. The molecule has 0 radical (unpaired) electrons. The Bertz CT molecular complexity index is 1610. The van der Waals surface area contributed by atoms with Gasteiger partial charge >= 0.3 is 0 Å². The van der Waals surface area contributed by atoms with E-state index in [9.17, 15) is 14.4 Å². The number of ether oxygens (including phenoxy) is 3. The van der Waals surface area contributed by atoms with Crippen LogP contribution in [0.2, 0.25) is 0 Å². The minimum absolute atomic E-state index is 0.122. The van der Waals surface area contributed by atoms with Crippen molar-refractivity contribution in [2.75, 3.05) is 55.1 Å². The number of amides is 2. The van der Waals surface area contributed by atoms with Crippen LogP contribution in [-0.2, 0) is 5.41 Å². The van der Waals surface area contributed by atoms with Crippen molar-refractivity contribution >= 4 is 28.5 Å². The fourth-order valence-corrected chi connectivity index (χ4v) is 6.48. The van der Waals surface area contributed by atoms with Crippen LogP contribution in [0.1, 0.15) is 49.0 Å². The second-order valence-electron chi connectivity index (χ2n) is 10.9. The van der Waals surface area contributed by atoms with E-state index in [1.54, 1.807) is 23.1 Å². The molecule has 40 heavy (non-hydrogen) atoms. The summed E-state index contributed by atoms with van der Waals surface area (Å²) in [6.07, 6.45) is 2.35. The van der Waals surface area contributed by atoms with E-state index >= 15 is 0 Å². The number of carbonyl (C=O) groups is 3. The number of hydrogen-bond donors (Lipinski definition) is 3. The number of methoxy groups -OCH3 is 3. The van der Waals surface area contributed by atoms with E-state index in [1.165, 1.54) is 21.3 Å². The molecule has 3 aliphatic rings. The molecular formula is C29H33N5O6. The number of aromatic nitrogens is 2. The number of allylic oxidation sites excluding steroid dienone is 2. The van der Waals surface area contributed by atoms with Crippen molar-refractivity contribution in [2.24, 2.45) is 5.92 Å². The molecule has 2 aliphatic carbocycles. The summed E-state index contributed by atoms with van der Waals surface area (Å²) >= 11 is 0. The third-order valence-electron chi connectivity index (χ3n) is 8.37. The largest absolute Gasteiger partial charge is 0.493 e. The number of nitrogens with one attached hydrogen (secondary N) is 3. The smallest absolute Gasteiger partial charge is 0.274 e. The van der Waals surface area contributed by atoms with E-state index in [-0.39, 0.29) is 23.5 Å². The lowest BCUT2D eigenvalue weighted by Gasteiger charge is -2.28. The number of likely N-dealkylation sites (N-methyl/N-ethyl adjacent to an activating group) is 1. The topological polar surface area (TPSA) is 129 Å². The molecule has 1 aliphatic heterocycles. The first-order valence-corrected chi connectivity index (χ1v) is 13.2. The van der Waals surface area contributed by atoms with Crippen LogP contribution in [0.25, 0.3) is 10.9 Å². The van der Waals surface area contributed by atoms with Crippen LogP contribution in [0.5, 0.6) is 17.2 Å². The number of H-pyrrole nitrogens is 2. The first-order valence-electron chi connectivity index (χ1n) is 13.2. The van der Waals surface area contributed by atoms with E-state index in [1.807, 2.05) is 25.9 Å². The van der Waals surface area contributed by atoms with Gasteiger partial charge in [0.15, 0.2) is 11.5 Å². The Balaban J connectivity index is 1.36. The number of piperidine rings is 1. The number of nitrogens with zero attached hydrogens (tertiary/aromatic N) is 2. The summed E-state index contributed by atoms with van der Waals surface area (Å²) in [5.74, 6) is 0.767. The Labute approximate surface area is 231 Å². The Morgan fingerprint density at radius 3 is 2.55 bits per heavy atom. The van der Waals surface area contributed by atoms with Gasteiger partial charge < -0.3 is 39.3 Å². The summed E-state index contributed by atoms with van der Waals surface area (Å²) in [5, 5.41) is 3.72. The summed E-state index contributed by atoms with van der Waals surface area (Å²) < 4.78 is 16.5. The molecule has 3 aromatic rings. The predicted molar refractivity (Wildman–Crippen MR) is 148 cm³/mol. The molecule has 0 bridgehead atoms. The number of likely N-dealkylation sites (tertiary alicyclic amines) is 1. The molecule has 210 valence electrons. The molecule has 1 aromatic carbocycles. The molecule has 3 N–H and O–H groups in total. The van der Waals surface area contributed by atoms with E-state index in [0.29, 0.717) is 70.7 Å². The van der Waals surface area contributed by atoms with Gasteiger partial charge in [0.05, 0.1) is 38.1 Å². The van der Waals surface area contributed by atoms with Crippen LogP contribution in [0.15, 0.2) is 23.9 Å². The average Bonchev–Trinajstić information content (AvgIpc) is 3.19. The van der Waals surface area contributed by atoms with Gasteiger partial charge in [0.2, 0.25) is 11.5 Å². The minimum Gasteiger partial charge on any atom is -0.493 e. The summed E-state index contributed by atoms with van der Waals surface area (Å²) in [4.78, 5) is 50.6. The highest BCUT2D eigenvalue weighted by molar-refractivity contribution is 6.12. The van der Waals surface area contributed by atoms with Gasteiger partial charge in [0.25, 0.3) is 11.8 Å². The van der Waals surface area contributed by atoms with Gasteiger partial charge in [-0.3, -0.25) is 14.4 Å². The molecule has 11 nitrogen and oxygen atoms in total. The zero-order valence-electron chi connectivity index (χ0n) is 23.5. The van der Waals surface area contributed by atoms with Gasteiger partial charge in [-0.1, -0.05) is 0 Å². The number of fused-ring (bicyclic) bond motifs is 2. The number of hydrogen-bond acceptors (Lipinski definition) is 7. The van der Waals surface area contributed by atoms with Crippen molar-refractivity contribution in [3.8, 4) is 17.2 Å². The van der Waals surface area contributed by atoms with E-state index < -0.39 is 5.41 Å². The van der Waals surface area contributed by atoms with Crippen LogP contribution in [0.4, 0.5) is 0 Å². The normalized spacial score (nSPS) is 20.7. The monoisotopic (exact) mass is 547 g/mol. The molecular weight excluding hydrogens is 514 g/mol. The fraction of sp³-hybridized carbons (Fsp3) is 0.414. The highest BCUT2D eigenvalue weighted by atomic mass is 16.5.